The Morgan fingerprint density at radius 3 is 2.35 bits per heavy atom. The van der Waals surface area contributed by atoms with Crippen molar-refractivity contribution in [2.45, 2.75) is 65.1 Å². The maximum absolute atomic E-state index is 12.1. The fraction of sp³-hybridized carbons (Fsp3) is 0.632. The highest BCUT2D eigenvalue weighted by atomic mass is 16.6. The predicted molar refractivity (Wildman–Crippen MR) is 92.0 cm³/mol. The lowest BCUT2D eigenvalue weighted by Crippen LogP contribution is -2.41. The van der Waals surface area contributed by atoms with E-state index in [4.69, 9.17) is 9.47 Å². The van der Waals surface area contributed by atoms with E-state index in [0.29, 0.717) is 5.92 Å². The molecule has 0 N–H and O–H groups in total. The topological polar surface area (TPSA) is 38.8 Å². The molecule has 0 unspecified atom stereocenters. The van der Waals surface area contributed by atoms with Gasteiger partial charge in [-0.1, -0.05) is 18.2 Å². The van der Waals surface area contributed by atoms with Gasteiger partial charge in [0.15, 0.2) is 0 Å². The highest BCUT2D eigenvalue weighted by molar-refractivity contribution is 5.68. The average Bonchev–Trinajstić information content (AvgIpc) is 2.45. The molecule has 0 radical (unpaired) electrons. The fourth-order valence-corrected chi connectivity index (χ4v) is 2.88. The molecule has 1 saturated heterocycles. The molecule has 2 rings (SSSR count). The molecule has 0 aliphatic carbocycles. The number of hydrogen-bond acceptors (Lipinski definition) is 3. The number of carbonyl (C=O) groups excluding carboxylic acids is 1. The van der Waals surface area contributed by atoms with Crippen molar-refractivity contribution < 1.29 is 14.3 Å². The maximum Gasteiger partial charge on any atom is 0.410 e. The zero-order chi connectivity index (χ0) is 17.0. The average molecular weight is 319 g/mol. The van der Waals surface area contributed by atoms with Gasteiger partial charge in [-0.05, 0) is 65.0 Å². The largest absolute Gasteiger partial charge is 0.491 e. The Hall–Kier alpha value is -1.71. The minimum absolute atomic E-state index is 0.165. The summed E-state index contributed by atoms with van der Waals surface area (Å²) in [6.07, 6.45) is 1.84. The monoisotopic (exact) mass is 319 g/mol. The van der Waals surface area contributed by atoms with Crippen molar-refractivity contribution >= 4 is 6.09 Å². The summed E-state index contributed by atoms with van der Waals surface area (Å²) in [5, 5.41) is 0. The Bertz CT molecular complexity index is 526. The molecule has 128 valence electrons. The number of carbonyl (C=O) groups is 1. The van der Waals surface area contributed by atoms with Gasteiger partial charge in [0.05, 0.1) is 6.10 Å². The summed E-state index contributed by atoms with van der Waals surface area (Å²) in [6, 6.07) is 8.25. The quantitative estimate of drug-likeness (QED) is 0.818. The van der Waals surface area contributed by atoms with Crippen LogP contribution in [0.2, 0.25) is 0 Å². The Labute approximate surface area is 139 Å². The third-order valence-electron chi connectivity index (χ3n) is 3.87. The van der Waals surface area contributed by atoms with E-state index in [2.05, 4.69) is 12.1 Å². The van der Waals surface area contributed by atoms with E-state index in [1.54, 1.807) is 0 Å². The van der Waals surface area contributed by atoms with Gasteiger partial charge in [0, 0.05) is 13.1 Å². The van der Waals surface area contributed by atoms with Crippen molar-refractivity contribution in [2.75, 3.05) is 13.1 Å². The first-order chi connectivity index (χ1) is 10.8. The number of piperidine rings is 1. The minimum Gasteiger partial charge on any atom is -0.491 e. The fourth-order valence-electron chi connectivity index (χ4n) is 2.88. The van der Waals surface area contributed by atoms with Crippen molar-refractivity contribution in [3.05, 3.63) is 29.8 Å². The van der Waals surface area contributed by atoms with Crippen LogP contribution >= 0.6 is 0 Å². The van der Waals surface area contributed by atoms with E-state index < -0.39 is 5.60 Å². The van der Waals surface area contributed by atoms with Gasteiger partial charge >= 0.3 is 6.09 Å². The molecule has 1 aliphatic heterocycles. The second kappa shape index (κ2) is 7.24. The Balaban J connectivity index is 1.98. The second-order valence-electron chi connectivity index (χ2n) is 7.45. The lowest BCUT2D eigenvalue weighted by atomic mass is 9.89. The number of rotatable bonds is 3. The number of benzene rings is 1. The number of likely N-dealkylation sites (tertiary alicyclic amines) is 1. The smallest absolute Gasteiger partial charge is 0.410 e. The molecule has 23 heavy (non-hydrogen) atoms. The van der Waals surface area contributed by atoms with E-state index >= 15 is 0 Å². The SMILES string of the molecule is CC(C)Oc1ccccc1C1CCN(C(=O)OC(C)(C)C)CC1. The summed E-state index contributed by atoms with van der Waals surface area (Å²) >= 11 is 0. The highest BCUT2D eigenvalue weighted by Crippen LogP contribution is 2.34. The Kier molecular flexibility index (Phi) is 5.55. The molecule has 4 nitrogen and oxygen atoms in total. The van der Waals surface area contributed by atoms with E-state index in [-0.39, 0.29) is 12.2 Å². The van der Waals surface area contributed by atoms with Crippen LogP contribution in [0.5, 0.6) is 5.75 Å². The van der Waals surface area contributed by atoms with Crippen LogP contribution < -0.4 is 4.74 Å². The summed E-state index contributed by atoms with van der Waals surface area (Å²) in [5.41, 5.74) is 0.816. The van der Waals surface area contributed by atoms with Gasteiger partial charge < -0.3 is 14.4 Å². The van der Waals surface area contributed by atoms with Crippen LogP contribution in [0.4, 0.5) is 4.79 Å². The first-order valence-electron chi connectivity index (χ1n) is 8.50. The summed E-state index contributed by atoms with van der Waals surface area (Å²) in [6.45, 7) is 11.3. The zero-order valence-corrected chi connectivity index (χ0v) is 15.0. The summed E-state index contributed by atoms with van der Waals surface area (Å²) in [5.74, 6) is 1.40. The second-order valence-corrected chi connectivity index (χ2v) is 7.45. The molecular formula is C19H29NO3. The van der Waals surface area contributed by atoms with Gasteiger partial charge in [-0.2, -0.15) is 0 Å². The van der Waals surface area contributed by atoms with Gasteiger partial charge in [0.2, 0.25) is 0 Å². The molecule has 1 heterocycles. The van der Waals surface area contributed by atoms with Crippen molar-refractivity contribution in [1.82, 2.24) is 4.90 Å². The molecule has 0 bridgehead atoms. The summed E-state index contributed by atoms with van der Waals surface area (Å²) in [7, 11) is 0. The summed E-state index contributed by atoms with van der Waals surface area (Å²) in [4.78, 5) is 14.0. The van der Waals surface area contributed by atoms with E-state index in [0.717, 1.165) is 31.7 Å². The van der Waals surface area contributed by atoms with Crippen LogP contribution in [-0.2, 0) is 4.74 Å². The van der Waals surface area contributed by atoms with Crippen molar-refractivity contribution in [2.24, 2.45) is 0 Å². The lowest BCUT2D eigenvalue weighted by molar-refractivity contribution is 0.0204. The predicted octanol–water partition coefficient (Wildman–Crippen LogP) is 4.59. The zero-order valence-electron chi connectivity index (χ0n) is 15.0. The number of hydrogen-bond donors (Lipinski definition) is 0. The van der Waals surface area contributed by atoms with Gasteiger partial charge in [-0.15, -0.1) is 0 Å². The third-order valence-corrected chi connectivity index (χ3v) is 3.87. The van der Waals surface area contributed by atoms with Gasteiger partial charge in [0.25, 0.3) is 0 Å². The number of para-hydroxylation sites is 1. The molecule has 4 heteroatoms. The first kappa shape index (κ1) is 17.6. The molecule has 0 atom stereocenters. The molecule has 0 aromatic heterocycles. The Morgan fingerprint density at radius 1 is 1.17 bits per heavy atom. The van der Waals surface area contributed by atoms with Crippen molar-refractivity contribution in [1.29, 1.82) is 0 Å². The number of ether oxygens (including phenoxy) is 2. The molecule has 1 aromatic rings. The van der Waals surface area contributed by atoms with Crippen LogP contribution in [-0.4, -0.2) is 35.8 Å². The molecule has 1 aromatic carbocycles. The molecule has 1 fully saturated rings. The van der Waals surface area contributed by atoms with Crippen molar-refractivity contribution in [3.8, 4) is 5.75 Å². The van der Waals surface area contributed by atoms with Crippen LogP contribution in [0.25, 0.3) is 0 Å². The standard InChI is InChI=1S/C19H29NO3/c1-14(2)22-17-9-7-6-8-16(17)15-10-12-20(13-11-15)18(21)23-19(3,4)5/h6-9,14-15H,10-13H2,1-5H3. The van der Waals surface area contributed by atoms with Crippen molar-refractivity contribution in [3.63, 3.8) is 0 Å². The normalized spacial score (nSPS) is 16.5. The first-order valence-corrected chi connectivity index (χ1v) is 8.50. The molecule has 0 spiro atoms. The van der Waals surface area contributed by atoms with Crippen LogP contribution in [0, 0.1) is 0 Å². The minimum atomic E-state index is -0.439. The molecular weight excluding hydrogens is 290 g/mol. The lowest BCUT2D eigenvalue weighted by Gasteiger charge is -2.34. The van der Waals surface area contributed by atoms with Gasteiger partial charge in [0.1, 0.15) is 11.4 Å². The Morgan fingerprint density at radius 2 is 1.78 bits per heavy atom. The van der Waals surface area contributed by atoms with Crippen LogP contribution in [0.3, 0.4) is 0 Å². The number of nitrogens with zero attached hydrogens (tertiary/aromatic N) is 1. The van der Waals surface area contributed by atoms with Gasteiger partial charge in [-0.25, -0.2) is 4.79 Å². The van der Waals surface area contributed by atoms with E-state index in [9.17, 15) is 4.79 Å². The van der Waals surface area contributed by atoms with Gasteiger partial charge in [-0.3, -0.25) is 0 Å². The van der Waals surface area contributed by atoms with Crippen LogP contribution in [0.15, 0.2) is 24.3 Å². The highest BCUT2D eigenvalue weighted by Gasteiger charge is 2.28. The molecule has 0 saturated carbocycles. The van der Waals surface area contributed by atoms with E-state index in [1.807, 2.05) is 51.7 Å². The van der Waals surface area contributed by atoms with Crippen LogP contribution in [0.1, 0.15) is 58.9 Å². The van der Waals surface area contributed by atoms with E-state index in [1.165, 1.54) is 5.56 Å². The molecule has 1 aliphatic rings. The maximum atomic E-state index is 12.1. The summed E-state index contributed by atoms with van der Waals surface area (Å²) < 4.78 is 11.4. The third kappa shape index (κ3) is 5.15. The molecule has 1 amide bonds. The number of amides is 1.